The maximum atomic E-state index is 13.4. The molecule has 0 saturated carbocycles. The van der Waals surface area contributed by atoms with E-state index in [0.717, 1.165) is 24.2 Å². The zero-order valence-corrected chi connectivity index (χ0v) is 17.0. The lowest BCUT2D eigenvalue weighted by atomic mass is 9.92. The van der Waals surface area contributed by atoms with Crippen molar-refractivity contribution in [1.82, 2.24) is 0 Å². The molecule has 0 saturated heterocycles. The number of benzene rings is 1. The lowest BCUT2D eigenvalue weighted by molar-refractivity contribution is -0.138. The van der Waals surface area contributed by atoms with Crippen molar-refractivity contribution in [3.63, 3.8) is 0 Å². The van der Waals surface area contributed by atoms with Crippen molar-refractivity contribution in [3.05, 3.63) is 34.9 Å². The first-order valence-electron chi connectivity index (χ1n) is 9.22. The fraction of sp³-hybridized carbons (Fsp3) is 0.684. The predicted octanol–water partition coefficient (Wildman–Crippen LogP) is 6.07. The lowest BCUT2D eigenvalue weighted by Gasteiger charge is -2.32. The first kappa shape index (κ1) is 22.2. The van der Waals surface area contributed by atoms with Gasteiger partial charge in [-0.05, 0) is 62.0 Å². The van der Waals surface area contributed by atoms with E-state index in [4.69, 9.17) is 10.2 Å². The molecule has 144 valence electrons. The Hall–Kier alpha value is -0.853. The van der Waals surface area contributed by atoms with Crippen LogP contribution in [-0.4, -0.2) is 14.4 Å². The van der Waals surface area contributed by atoms with Crippen LogP contribution >= 0.6 is 0 Å². The molecule has 25 heavy (non-hydrogen) atoms. The van der Waals surface area contributed by atoms with Gasteiger partial charge in [0, 0.05) is 12.1 Å². The second-order valence-corrected chi connectivity index (χ2v) is 11.6. The largest absolute Gasteiger partial charge is 0.416 e. The van der Waals surface area contributed by atoms with Crippen molar-refractivity contribution < 1.29 is 17.6 Å². The van der Waals surface area contributed by atoms with E-state index in [0.29, 0.717) is 24.0 Å². The Morgan fingerprint density at radius 3 is 2.08 bits per heavy atom. The van der Waals surface area contributed by atoms with Crippen LogP contribution in [0.2, 0.25) is 18.1 Å². The molecule has 1 aromatic rings. The second kappa shape index (κ2) is 9.19. The molecule has 0 heterocycles. The number of nitrogens with two attached hydrogens (primary N) is 1. The summed E-state index contributed by atoms with van der Waals surface area (Å²) in [7, 11) is -1.75. The summed E-state index contributed by atoms with van der Waals surface area (Å²) in [6, 6.07) is 6.97. The second-order valence-electron chi connectivity index (χ2n) is 6.87. The van der Waals surface area contributed by atoms with Crippen molar-refractivity contribution >= 4 is 8.32 Å². The van der Waals surface area contributed by atoms with E-state index in [1.54, 1.807) is 13.0 Å². The normalized spacial score (nSPS) is 15.2. The molecule has 2 N–H and O–H groups in total. The van der Waals surface area contributed by atoms with Gasteiger partial charge in [-0.3, -0.25) is 0 Å². The quantitative estimate of drug-likeness (QED) is 0.532. The van der Waals surface area contributed by atoms with Crippen LogP contribution in [0, 0.1) is 0 Å². The Bertz CT molecular complexity index is 534. The van der Waals surface area contributed by atoms with Crippen LogP contribution in [0.1, 0.15) is 63.8 Å². The van der Waals surface area contributed by atoms with E-state index in [2.05, 4.69) is 20.8 Å². The van der Waals surface area contributed by atoms with E-state index in [-0.39, 0.29) is 6.10 Å². The molecule has 6 heteroatoms. The van der Waals surface area contributed by atoms with Crippen molar-refractivity contribution in [1.29, 1.82) is 0 Å². The number of alkyl halides is 3. The molecule has 0 aromatic heterocycles. The third-order valence-electron chi connectivity index (χ3n) is 5.19. The Labute approximate surface area is 151 Å². The summed E-state index contributed by atoms with van der Waals surface area (Å²) in [5.41, 5.74) is 6.23. The molecule has 0 aliphatic rings. The van der Waals surface area contributed by atoms with Gasteiger partial charge < -0.3 is 10.2 Å². The van der Waals surface area contributed by atoms with Gasteiger partial charge in [0.2, 0.25) is 0 Å². The highest BCUT2D eigenvalue weighted by Gasteiger charge is 2.35. The SMILES string of the molecule is CC[Si](CC)(CC)OC(C)CCc1c([C@@H](C)N)cccc1C(F)(F)F. The van der Waals surface area contributed by atoms with Crippen molar-refractivity contribution in [2.45, 2.75) is 83.9 Å². The van der Waals surface area contributed by atoms with Crippen LogP contribution in [-0.2, 0) is 17.0 Å². The van der Waals surface area contributed by atoms with Crippen LogP contribution in [0.5, 0.6) is 0 Å². The molecule has 0 spiro atoms. The molecule has 0 bridgehead atoms. The number of hydrogen-bond donors (Lipinski definition) is 1. The van der Waals surface area contributed by atoms with Gasteiger partial charge in [-0.15, -0.1) is 0 Å². The number of halogens is 3. The zero-order chi connectivity index (χ0) is 19.3. The summed E-state index contributed by atoms with van der Waals surface area (Å²) < 4.78 is 46.5. The third-order valence-corrected chi connectivity index (χ3v) is 9.96. The minimum Gasteiger partial charge on any atom is -0.414 e. The first-order chi connectivity index (χ1) is 11.6. The van der Waals surface area contributed by atoms with Gasteiger partial charge >= 0.3 is 6.18 Å². The highest BCUT2D eigenvalue weighted by atomic mass is 28.4. The molecule has 0 aliphatic heterocycles. The standard InChI is InChI=1S/C19H32F3NOSi/c1-6-25(7-2,8-3)24-14(4)12-13-17-16(15(5)23)10-9-11-18(17)19(20,21)22/h9-11,14-15H,6-8,12-13,23H2,1-5H3/t14?,15-/m1/s1. The molecule has 0 amide bonds. The van der Waals surface area contributed by atoms with Gasteiger partial charge in [0.15, 0.2) is 8.32 Å². The fourth-order valence-electron chi connectivity index (χ4n) is 3.41. The van der Waals surface area contributed by atoms with Crippen LogP contribution in [0.3, 0.4) is 0 Å². The highest BCUT2D eigenvalue weighted by molar-refractivity contribution is 6.73. The maximum absolute atomic E-state index is 13.4. The molecule has 0 radical (unpaired) electrons. The van der Waals surface area contributed by atoms with Crippen molar-refractivity contribution in [2.24, 2.45) is 5.73 Å². The van der Waals surface area contributed by atoms with E-state index < -0.39 is 26.1 Å². The monoisotopic (exact) mass is 375 g/mol. The van der Waals surface area contributed by atoms with E-state index in [1.165, 1.54) is 6.07 Å². The molecule has 0 fully saturated rings. The van der Waals surface area contributed by atoms with Gasteiger partial charge in [0.1, 0.15) is 0 Å². The third kappa shape index (κ3) is 5.83. The van der Waals surface area contributed by atoms with E-state index in [1.807, 2.05) is 6.92 Å². The van der Waals surface area contributed by atoms with Gasteiger partial charge in [0.05, 0.1) is 5.56 Å². The average molecular weight is 376 g/mol. The molecule has 1 rings (SSSR count). The average Bonchev–Trinajstić information content (AvgIpc) is 2.56. The minimum absolute atomic E-state index is 0.0475. The Balaban J connectivity index is 2.99. The zero-order valence-electron chi connectivity index (χ0n) is 16.0. The maximum Gasteiger partial charge on any atom is 0.416 e. The Morgan fingerprint density at radius 2 is 1.64 bits per heavy atom. The fourth-order valence-corrected chi connectivity index (χ4v) is 6.38. The summed E-state index contributed by atoms with van der Waals surface area (Å²) in [5.74, 6) is 0. The number of hydrogen-bond acceptors (Lipinski definition) is 2. The van der Waals surface area contributed by atoms with Crippen LogP contribution in [0.25, 0.3) is 0 Å². The predicted molar refractivity (Wildman–Crippen MR) is 100 cm³/mol. The van der Waals surface area contributed by atoms with Crippen LogP contribution in [0.4, 0.5) is 13.2 Å². The lowest BCUT2D eigenvalue weighted by Crippen LogP contribution is -2.39. The Kier molecular flexibility index (Phi) is 8.16. The molecule has 0 aliphatic carbocycles. The highest BCUT2D eigenvalue weighted by Crippen LogP contribution is 2.36. The summed E-state index contributed by atoms with van der Waals surface area (Å²) in [5, 5.41) is 0. The van der Waals surface area contributed by atoms with Crippen molar-refractivity contribution in [3.8, 4) is 0 Å². The van der Waals surface area contributed by atoms with Gasteiger partial charge in [-0.25, -0.2) is 0 Å². The molecular formula is C19H32F3NOSi. The van der Waals surface area contributed by atoms with Crippen LogP contribution < -0.4 is 5.73 Å². The van der Waals surface area contributed by atoms with Crippen LogP contribution in [0.15, 0.2) is 18.2 Å². The van der Waals surface area contributed by atoms with Gasteiger partial charge in [0.25, 0.3) is 0 Å². The molecule has 2 nitrogen and oxygen atoms in total. The topological polar surface area (TPSA) is 35.2 Å². The summed E-state index contributed by atoms with van der Waals surface area (Å²) >= 11 is 0. The summed E-state index contributed by atoms with van der Waals surface area (Å²) in [6.07, 6.45) is -3.51. The number of rotatable bonds is 9. The van der Waals surface area contributed by atoms with Gasteiger partial charge in [-0.1, -0.05) is 32.9 Å². The first-order valence-corrected chi connectivity index (χ1v) is 11.8. The minimum atomic E-state index is -4.36. The molecule has 1 aromatic carbocycles. The summed E-state index contributed by atoms with van der Waals surface area (Å²) in [4.78, 5) is 0. The van der Waals surface area contributed by atoms with E-state index >= 15 is 0 Å². The summed E-state index contributed by atoms with van der Waals surface area (Å²) in [6.45, 7) is 10.2. The van der Waals surface area contributed by atoms with Crippen molar-refractivity contribution in [2.75, 3.05) is 0 Å². The molecule has 2 atom stereocenters. The van der Waals surface area contributed by atoms with Gasteiger partial charge in [-0.2, -0.15) is 13.2 Å². The smallest absolute Gasteiger partial charge is 0.414 e. The van der Waals surface area contributed by atoms with E-state index in [9.17, 15) is 13.2 Å². The molecule has 1 unspecified atom stereocenters. The Morgan fingerprint density at radius 1 is 1.08 bits per heavy atom. The molecular weight excluding hydrogens is 343 g/mol.